The van der Waals surface area contributed by atoms with E-state index in [-0.39, 0.29) is 28.6 Å². The lowest BCUT2D eigenvalue weighted by Gasteiger charge is -2.07. The lowest BCUT2D eigenvalue weighted by molar-refractivity contribution is 0.0693. The molecule has 0 bridgehead atoms. The fourth-order valence-corrected chi connectivity index (χ4v) is 2.80. The first-order valence-corrected chi connectivity index (χ1v) is 8.33. The first-order chi connectivity index (χ1) is 11.4. The van der Waals surface area contributed by atoms with Gasteiger partial charge in [-0.1, -0.05) is 22.0 Å². The molecule has 1 aromatic heterocycles. The Bertz CT molecular complexity index is 768. The van der Waals surface area contributed by atoms with E-state index in [0.717, 1.165) is 11.5 Å². The molecule has 0 radical (unpaired) electrons. The van der Waals surface area contributed by atoms with Crippen LogP contribution in [0.25, 0.3) is 0 Å². The largest absolute Gasteiger partial charge is 0.477 e. The predicted molar refractivity (Wildman–Crippen MR) is 90.2 cm³/mol. The van der Waals surface area contributed by atoms with Crippen LogP contribution in [0.5, 0.6) is 5.88 Å². The maximum Gasteiger partial charge on any atom is 0.344 e. The number of carbonyl (C=O) groups is 2. The number of aromatic nitrogens is 1. The summed E-state index contributed by atoms with van der Waals surface area (Å²) in [4.78, 5) is 22.9. The van der Waals surface area contributed by atoms with Crippen LogP contribution in [-0.2, 0) is 6.61 Å². The van der Waals surface area contributed by atoms with Crippen molar-refractivity contribution in [3.8, 4) is 5.88 Å². The van der Waals surface area contributed by atoms with E-state index in [1.807, 2.05) is 0 Å². The Hall–Kier alpha value is -2.20. The Labute approximate surface area is 149 Å². The molecule has 2 aromatic rings. The van der Waals surface area contributed by atoms with Crippen molar-refractivity contribution in [1.82, 2.24) is 9.69 Å². The number of amides is 2. The van der Waals surface area contributed by atoms with Crippen molar-refractivity contribution in [2.75, 3.05) is 11.9 Å². The molecule has 0 fully saturated rings. The van der Waals surface area contributed by atoms with Crippen LogP contribution in [0.4, 0.5) is 14.2 Å². The lowest BCUT2D eigenvalue weighted by Crippen LogP contribution is -2.28. The summed E-state index contributed by atoms with van der Waals surface area (Å²) in [7, 11) is 0. The molecule has 1 aromatic carbocycles. The Morgan fingerprint density at radius 2 is 2.21 bits per heavy atom. The molecule has 0 aliphatic rings. The van der Waals surface area contributed by atoms with Gasteiger partial charge in [-0.05, 0) is 30.6 Å². The molecular weight excluding hydrogens is 405 g/mol. The van der Waals surface area contributed by atoms with Gasteiger partial charge in [-0.2, -0.15) is 4.37 Å². The third-order valence-corrected chi connectivity index (χ3v) is 4.06. The molecule has 10 heteroatoms. The van der Waals surface area contributed by atoms with Gasteiger partial charge in [0, 0.05) is 16.6 Å². The molecule has 3 N–H and O–H groups in total. The predicted octanol–water partition coefficient (Wildman–Crippen LogP) is 3.46. The van der Waals surface area contributed by atoms with Crippen molar-refractivity contribution < 1.29 is 23.8 Å². The summed E-state index contributed by atoms with van der Waals surface area (Å²) in [6, 6.07) is 3.89. The van der Waals surface area contributed by atoms with Crippen molar-refractivity contribution in [2.45, 2.75) is 13.5 Å². The smallest absolute Gasteiger partial charge is 0.344 e. The second-order valence-electron chi connectivity index (χ2n) is 4.51. The number of hydrogen-bond acceptors (Lipinski definition) is 5. The summed E-state index contributed by atoms with van der Waals surface area (Å²) < 4.78 is 23.5. The summed E-state index contributed by atoms with van der Waals surface area (Å²) in [5.41, 5.74) is -0.0236. The Balaban J connectivity index is 2.16. The van der Waals surface area contributed by atoms with Gasteiger partial charge in [0.25, 0.3) is 0 Å². The molecule has 0 saturated carbocycles. The van der Waals surface area contributed by atoms with Crippen LogP contribution in [0.3, 0.4) is 0 Å². The summed E-state index contributed by atoms with van der Waals surface area (Å²) >= 11 is 3.92. The van der Waals surface area contributed by atoms with Crippen molar-refractivity contribution in [1.29, 1.82) is 0 Å². The highest BCUT2D eigenvalue weighted by Gasteiger charge is 2.23. The number of benzene rings is 1. The van der Waals surface area contributed by atoms with Gasteiger partial charge in [-0.25, -0.2) is 14.0 Å². The Morgan fingerprint density at radius 1 is 1.46 bits per heavy atom. The molecule has 0 spiro atoms. The fraction of sp³-hybridized carbons (Fsp3) is 0.214. The fourth-order valence-electron chi connectivity index (χ4n) is 1.74. The summed E-state index contributed by atoms with van der Waals surface area (Å²) in [5.74, 6) is -1.97. The van der Waals surface area contributed by atoms with Crippen molar-refractivity contribution in [3.05, 3.63) is 39.6 Å². The molecule has 1 heterocycles. The average molecular weight is 418 g/mol. The standard InChI is InChI=1S/C14H13BrFN3O4S/c1-2-17-14(22)18-12-10(13(20)21)11(19-24-12)23-6-7-3-4-8(15)5-9(7)16/h3-5H,2,6H2,1H3,(H,20,21)(H2,17,18,22). The number of nitrogens with one attached hydrogen (secondary N) is 2. The van der Waals surface area contributed by atoms with Gasteiger partial charge in [0.1, 0.15) is 17.4 Å². The van der Waals surface area contributed by atoms with Gasteiger partial charge in [-0.15, -0.1) is 0 Å². The summed E-state index contributed by atoms with van der Waals surface area (Å²) in [6.07, 6.45) is 0. The molecule has 0 atom stereocenters. The molecule has 2 amide bonds. The van der Waals surface area contributed by atoms with Crippen molar-refractivity contribution in [2.24, 2.45) is 0 Å². The molecule has 7 nitrogen and oxygen atoms in total. The minimum absolute atomic E-state index is 0.0414. The lowest BCUT2D eigenvalue weighted by atomic mass is 10.2. The van der Waals surface area contributed by atoms with E-state index in [1.165, 1.54) is 12.1 Å². The number of carboxylic acid groups (broad SMARTS) is 1. The third kappa shape index (κ3) is 4.42. The van der Waals surface area contributed by atoms with E-state index in [9.17, 15) is 19.1 Å². The van der Waals surface area contributed by atoms with Gasteiger partial charge in [0.05, 0.1) is 0 Å². The average Bonchev–Trinajstić information content (AvgIpc) is 2.89. The minimum Gasteiger partial charge on any atom is -0.477 e. The van der Waals surface area contributed by atoms with E-state index in [2.05, 4.69) is 30.9 Å². The zero-order valence-electron chi connectivity index (χ0n) is 12.4. The third-order valence-electron chi connectivity index (χ3n) is 2.82. The SMILES string of the molecule is CCNC(=O)Nc1snc(OCc2ccc(Br)cc2F)c1C(=O)O. The Morgan fingerprint density at radius 3 is 2.83 bits per heavy atom. The van der Waals surface area contributed by atoms with Crippen molar-refractivity contribution >= 4 is 44.5 Å². The number of anilines is 1. The van der Waals surface area contributed by atoms with Crippen LogP contribution in [0.1, 0.15) is 22.8 Å². The van der Waals surface area contributed by atoms with Crippen LogP contribution in [0, 0.1) is 5.82 Å². The second kappa shape index (κ2) is 8.06. The number of ether oxygens (including phenoxy) is 1. The minimum atomic E-state index is -1.30. The first-order valence-electron chi connectivity index (χ1n) is 6.77. The monoisotopic (exact) mass is 417 g/mol. The van der Waals surface area contributed by atoms with E-state index >= 15 is 0 Å². The van der Waals surface area contributed by atoms with Gasteiger partial charge in [0.2, 0.25) is 5.88 Å². The first kappa shape index (κ1) is 18.1. The molecule has 2 rings (SSSR count). The van der Waals surface area contributed by atoms with Crippen LogP contribution < -0.4 is 15.4 Å². The topological polar surface area (TPSA) is 101 Å². The number of urea groups is 1. The number of rotatable bonds is 6. The number of nitrogens with zero attached hydrogens (tertiary/aromatic N) is 1. The van der Waals surface area contributed by atoms with Crippen LogP contribution >= 0.6 is 27.5 Å². The Kier molecular flexibility index (Phi) is 6.10. The van der Waals surface area contributed by atoms with Gasteiger partial charge in [0.15, 0.2) is 5.56 Å². The molecule has 128 valence electrons. The van der Waals surface area contributed by atoms with Gasteiger partial charge >= 0.3 is 12.0 Å². The maximum absolute atomic E-state index is 13.8. The normalized spacial score (nSPS) is 10.3. The van der Waals surface area contributed by atoms with Crippen LogP contribution in [0.2, 0.25) is 0 Å². The van der Waals surface area contributed by atoms with E-state index in [4.69, 9.17) is 4.74 Å². The van der Waals surface area contributed by atoms with E-state index in [1.54, 1.807) is 13.0 Å². The molecule has 0 unspecified atom stereocenters. The molecule has 0 saturated heterocycles. The number of aromatic carboxylic acids is 1. The number of halogens is 2. The number of carboxylic acids is 1. The van der Waals surface area contributed by atoms with Crippen molar-refractivity contribution in [3.63, 3.8) is 0 Å². The molecule has 24 heavy (non-hydrogen) atoms. The van der Waals surface area contributed by atoms with Crippen LogP contribution in [0.15, 0.2) is 22.7 Å². The highest BCUT2D eigenvalue weighted by Crippen LogP contribution is 2.31. The maximum atomic E-state index is 13.8. The summed E-state index contributed by atoms with van der Waals surface area (Å²) in [6.45, 7) is 1.93. The van der Waals surface area contributed by atoms with Crippen LogP contribution in [-0.4, -0.2) is 28.0 Å². The zero-order valence-corrected chi connectivity index (χ0v) is 14.8. The van der Waals surface area contributed by atoms with E-state index < -0.39 is 17.8 Å². The second-order valence-corrected chi connectivity index (χ2v) is 6.19. The number of carbonyl (C=O) groups excluding carboxylic acids is 1. The van der Waals surface area contributed by atoms with Gasteiger partial charge < -0.3 is 15.2 Å². The zero-order chi connectivity index (χ0) is 17.7. The van der Waals surface area contributed by atoms with E-state index in [0.29, 0.717) is 11.0 Å². The van der Waals surface area contributed by atoms with Gasteiger partial charge in [-0.3, -0.25) is 5.32 Å². The molecular formula is C14H13BrFN3O4S. The molecule has 0 aliphatic heterocycles. The summed E-state index contributed by atoms with van der Waals surface area (Å²) in [5, 5.41) is 14.2. The number of hydrogen-bond donors (Lipinski definition) is 3. The quantitative estimate of drug-likeness (QED) is 0.667. The highest BCUT2D eigenvalue weighted by molar-refractivity contribution is 9.10. The molecule has 0 aliphatic carbocycles. The highest BCUT2D eigenvalue weighted by atomic mass is 79.9.